The van der Waals surface area contributed by atoms with Crippen molar-refractivity contribution in [3.8, 4) is 0 Å². The summed E-state index contributed by atoms with van der Waals surface area (Å²) in [7, 11) is 0. The van der Waals surface area contributed by atoms with Crippen LogP contribution in [0.1, 0.15) is 12.8 Å². The largest absolute Gasteiger partial charge is 0.316 e. The Labute approximate surface area is 116 Å². The molecule has 0 aliphatic rings. The first-order valence-electron chi connectivity index (χ1n) is 2.74. The summed E-state index contributed by atoms with van der Waals surface area (Å²) in [4.78, 5) is 19.9. The predicted molar refractivity (Wildman–Crippen MR) is 49.6 cm³/mol. The van der Waals surface area contributed by atoms with Gasteiger partial charge < -0.3 is 15.9 Å². The number of aliphatic carboxylic acids is 2. The maximum absolute atomic E-state index is 9.99. The van der Waals surface area contributed by atoms with Crippen LogP contribution in [0.5, 0.6) is 0 Å². The van der Waals surface area contributed by atoms with Gasteiger partial charge in [-0.1, -0.05) is 0 Å². The molecule has 0 rings (SSSR count). The summed E-state index contributed by atoms with van der Waals surface area (Å²) in [6.45, 7) is 0. The van der Waals surface area contributed by atoms with Gasteiger partial charge in [0.05, 0.1) is 0 Å². The van der Waals surface area contributed by atoms with Gasteiger partial charge in [0.15, 0.2) is 0 Å². The number of rotatable bonds is 4. The zero-order valence-electron chi connectivity index (χ0n) is 5.28. The van der Waals surface area contributed by atoms with Crippen LogP contribution in [0.2, 0.25) is 0 Å². The van der Waals surface area contributed by atoms with E-state index < -0.39 is 18.0 Å². The van der Waals surface area contributed by atoms with Crippen molar-refractivity contribution in [3.63, 3.8) is 0 Å². The van der Waals surface area contributed by atoms with Crippen molar-refractivity contribution >= 4 is 72.7 Å². The van der Waals surface area contributed by atoms with Crippen LogP contribution in [0.4, 0.5) is 0 Å². The van der Waals surface area contributed by atoms with Gasteiger partial charge in [0.1, 0.15) is 6.04 Å². The third-order valence-electron chi connectivity index (χ3n) is 0.986. The van der Waals surface area contributed by atoms with E-state index in [4.69, 9.17) is 15.9 Å². The van der Waals surface area contributed by atoms with Crippen molar-refractivity contribution in [1.82, 2.24) is 0 Å². The fraction of sp³-hybridized carbons (Fsp3) is 0.600. The van der Waals surface area contributed by atoms with E-state index in [2.05, 4.69) is 0 Å². The first-order valence-corrected chi connectivity index (χ1v) is 2.74. The van der Waals surface area contributed by atoms with Crippen molar-refractivity contribution in [2.24, 2.45) is 5.73 Å². The van der Waals surface area contributed by atoms with Crippen molar-refractivity contribution in [2.45, 2.75) is 18.9 Å². The summed E-state index contributed by atoms with van der Waals surface area (Å²) in [5, 5.41) is 16.3. The molecule has 0 spiro atoms. The van der Waals surface area contributed by atoms with Crippen LogP contribution in [0, 0.1) is 0 Å². The second-order valence-corrected chi connectivity index (χ2v) is 1.88. The molecule has 0 bridgehead atoms. The van der Waals surface area contributed by atoms with Crippen LogP contribution in [0.15, 0.2) is 0 Å². The first kappa shape index (κ1) is 18.7. The number of carboxylic acids is 2. The van der Waals surface area contributed by atoms with E-state index in [9.17, 15) is 9.59 Å². The van der Waals surface area contributed by atoms with Gasteiger partial charge in [0, 0.05) is 6.42 Å². The van der Waals surface area contributed by atoms with E-state index in [1.54, 1.807) is 0 Å². The molecule has 1 atom stereocenters. The van der Waals surface area contributed by atoms with Gasteiger partial charge in [-0.2, -0.15) is 0 Å². The molecule has 0 aliphatic carbocycles. The third kappa shape index (κ3) is 10.9. The molecule has 0 saturated heterocycles. The van der Waals surface area contributed by atoms with Crippen molar-refractivity contribution in [2.75, 3.05) is 0 Å². The molecule has 66 valence electrons. The van der Waals surface area contributed by atoms with E-state index >= 15 is 0 Å². The molecule has 4 N–H and O–H groups in total. The Morgan fingerprint density at radius 2 is 1.75 bits per heavy atom. The van der Waals surface area contributed by atoms with Crippen LogP contribution < -0.4 is 5.73 Å². The van der Waals surface area contributed by atoms with Crippen LogP contribution in [-0.4, -0.2) is 89.0 Å². The Morgan fingerprint density at radius 3 is 2.00 bits per heavy atom. The Bertz CT molecular complexity index is 154. The quantitative estimate of drug-likeness (QED) is 0.448. The van der Waals surface area contributed by atoms with Crippen LogP contribution >= 0.6 is 0 Å². The molecule has 0 aliphatic heterocycles. The van der Waals surface area contributed by atoms with E-state index in [1.807, 2.05) is 0 Å². The topological polar surface area (TPSA) is 101 Å². The molecular formula is C5H13CaMgNO4. The Kier molecular flexibility index (Phi) is 15.6. The molecule has 0 amide bonds. The molecule has 0 radical (unpaired) electrons. The standard InChI is InChI=1S/C5H9NO4.Ca.Mg.4H/c6-3(5(9)10)1-2-4(7)8;;;;;;/h3H,1-2,6H2,(H,7,8)(H,9,10);;;;;;/t3-;;;;;;/m0....../s1. The molecule has 7 heteroatoms. The van der Waals surface area contributed by atoms with Gasteiger partial charge in [-0.05, 0) is 6.42 Å². The van der Waals surface area contributed by atoms with Gasteiger partial charge in [0.25, 0.3) is 0 Å². The molecule has 0 aromatic heterocycles. The maximum atomic E-state index is 9.99. The van der Waals surface area contributed by atoms with Gasteiger partial charge in [-0.15, -0.1) is 0 Å². The average Bonchev–Trinajstić information content (AvgIpc) is 1.82. The second-order valence-electron chi connectivity index (χ2n) is 1.88. The fourth-order valence-corrected chi connectivity index (χ4v) is 0.402. The molecular weight excluding hydrogens is 202 g/mol. The van der Waals surface area contributed by atoms with Crippen molar-refractivity contribution in [1.29, 1.82) is 0 Å². The van der Waals surface area contributed by atoms with Crippen LogP contribution in [0.25, 0.3) is 0 Å². The molecule has 0 saturated carbocycles. The zero-order chi connectivity index (χ0) is 8.15. The Morgan fingerprint density at radius 1 is 1.33 bits per heavy atom. The van der Waals surface area contributed by atoms with Crippen molar-refractivity contribution in [3.05, 3.63) is 0 Å². The minimum atomic E-state index is -1.17. The summed E-state index contributed by atoms with van der Waals surface area (Å²) < 4.78 is 0. The average molecular weight is 216 g/mol. The van der Waals surface area contributed by atoms with E-state index in [-0.39, 0.29) is 73.6 Å². The summed E-state index contributed by atoms with van der Waals surface area (Å²) in [6.07, 6.45) is -0.224. The van der Waals surface area contributed by atoms with Gasteiger partial charge >= 0.3 is 72.7 Å². The third-order valence-corrected chi connectivity index (χ3v) is 0.986. The monoisotopic (exact) mass is 215 g/mol. The van der Waals surface area contributed by atoms with E-state index in [0.717, 1.165) is 0 Å². The summed E-state index contributed by atoms with van der Waals surface area (Å²) in [5.41, 5.74) is 5.00. The molecule has 0 fully saturated rings. The van der Waals surface area contributed by atoms with E-state index in [0.29, 0.717) is 0 Å². The predicted octanol–water partition coefficient (Wildman–Crippen LogP) is -2.57. The molecule has 5 nitrogen and oxygen atoms in total. The minimum Gasteiger partial charge on any atom is 0.316 e. The summed E-state index contributed by atoms with van der Waals surface area (Å²) in [6, 6.07) is -1.06. The second kappa shape index (κ2) is 10.0. The summed E-state index contributed by atoms with van der Waals surface area (Å²) in [5.74, 6) is -2.20. The zero-order valence-corrected chi connectivity index (χ0v) is 5.28. The number of carbonyl (C=O) groups is 2. The number of nitrogens with two attached hydrogens (primary N) is 1. The van der Waals surface area contributed by atoms with Crippen molar-refractivity contribution < 1.29 is 19.8 Å². The number of carboxylic acid groups (broad SMARTS) is 2. The Hall–Kier alpha value is 0.926. The summed E-state index contributed by atoms with van der Waals surface area (Å²) >= 11 is 0. The fourth-order valence-electron chi connectivity index (χ4n) is 0.402. The molecule has 0 heterocycles. The minimum absolute atomic E-state index is 0. The molecule has 12 heavy (non-hydrogen) atoms. The van der Waals surface area contributed by atoms with E-state index in [1.165, 1.54) is 0 Å². The maximum Gasteiger partial charge on any atom is 0.316 e. The first-order chi connectivity index (χ1) is 4.54. The van der Waals surface area contributed by atoms with Gasteiger partial charge in [-0.25, -0.2) is 0 Å². The van der Waals surface area contributed by atoms with Crippen LogP contribution in [0.3, 0.4) is 0 Å². The normalized spacial score (nSPS) is 10.4. The number of hydrogen-bond donors (Lipinski definition) is 3. The SMILES string of the molecule is N[C@@H](CCC(=O)O)C(=O)O.[CaH2].[MgH2]. The van der Waals surface area contributed by atoms with Crippen LogP contribution in [-0.2, 0) is 9.59 Å². The number of hydrogen-bond acceptors (Lipinski definition) is 3. The molecule has 0 unspecified atom stereocenters. The van der Waals surface area contributed by atoms with Gasteiger partial charge in [0.2, 0.25) is 0 Å². The Balaban J connectivity index is -0.000000405. The van der Waals surface area contributed by atoms with Gasteiger partial charge in [-0.3, -0.25) is 9.59 Å². The smallest absolute Gasteiger partial charge is 0.316 e. The molecule has 0 aromatic rings. The molecule has 0 aromatic carbocycles.